The fourth-order valence-electron chi connectivity index (χ4n) is 3.71. The molecule has 0 radical (unpaired) electrons. The van der Waals surface area contributed by atoms with E-state index < -0.39 is 0 Å². The van der Waals surface area contributed by atoms with E-state index in [1.165, 1.54) is 58.0 Å². The molecule has 3 rings (SSSR count). The molecule has 0 saturated heterocycles. The van der Waals surface area contributed by atoms with Crippen molar-refractivity contribution in [1.29, 1.82) is 5.41 Å². The summed E-state index contributed by atoms with van der Waals surface area (Å²) in [5, 5.41) is 16.3. The van der Waals surface area contributed by atoms with Crippen LogP contribution in [-0.4, -0.2) is 47.2 Å². The van der Waals surface area contributed by atoms with Crippen LogP contribution in [-0.2, 0) is 0 Å². The molecule has 3 N–H and O–H groups in total. The minimum absolute atomic E-state index is 0.313. The van der Waals surface area contributed by atoms with Gasteiger partial charge in [-0.25, -0.2) is 4.99 Å². The number of hydrogen-bond donors (Lipinski definition) is 2. The number of aromatic nitrogens is 2. The third-order valence-corrected chi connectivity index (χ3v) is 6.42. The van der Waals surface area contributed by atoms with Crippen LogP contribution < -0.4 is 5.73 Å². The first-order valence-electron chi connectivity index (χ1n) is 13.8. The Bertz CT molecular complexity index is 1020. The van der Waals surface area contributed by atoms with Crippen LogP contribution >= 0.6 is 11.6 Å². The van der Waals surface area contributed by atoms with Crippen molar-refractivity contribution in [3.05, 3.63) is 53.0 Å². The second-order valence-electron chi connectivity index (χ2n) is 9.58. The molecule has 1 aliphatic heterocycles. The lowest BCUT2D eigenvalue weighted by molar-refractivity contribution is 0.335. The normalized spacial score (nSPS) is 13.4. The van der Waals surface area contributed by atoms with Gasteiger partial charge in [0.15, 0.2) is 0 Å². The van der Waals surface area contributed by atoms with Crippen LogP contribution in [0.15, 0.2) is 56.9 Å². The zero-order chi connectivity index (χ0) is 28.3. The summed E-state index contributed by atoms with van der Waals surface area (Å²) < 4.78 is 5.18. The van der Waals surface area contributed by atoms with Crippen LogP contribution in [0.2, 0.25) is 0 Å². The number of hydrogen-bond acceptors (Lipinski definition) is 7. The van der Waals surface area contributed by atoms with E-state index >= 15 is 0 Å². The second-order valence-corrected chi connectivity index (χ2v) is 9.97. The maximum Gasteiger partial charge on any atom is 0.247 e. The lowest BCUT2D eigenvalue weighted by atomic mass is 9.96. The largest absolute Gasteiger partial charge is 0.423 e. The van der Waals surface area contributed by atoms with Crippen LogP contribution in [0.4, 0.5) is 5.69 Å². The Morgan fingerprint density at radius 1 is 1.16 bits per heavy atom. The van der Waals surface area contributed by atoms with E-state index in [0.29, 0.717) is 40.0 Å². The van der Waals surface area contributed by atoms with Crippen LogP contribution in [0.3, 0.4) is 0 Å². The fraction of sp³-hybridized carbons (Fsp3) is 0.533. The Morgan fingerprint density at radius 3 is 2.45 bits per heavy atom. The second kappa shape index (κ2) is 19.3. The SMILES string of the molecule is CCCCC(C)CC.CCCN(C)CCC.N=C(C1=CC=NC(Cl)=CC1)c1cc(-c2nnco2)ccc1N. The molecule has 7 nitrogen and oxygen atoms in total. The third-order valence-electron chi connectivity index (χ3n) is 6.17. The quantitative estimate of drug-likeness (QED) is 0.169. The van der Waals surface area contributed by atoms with Gasteiger partial charge in [-0.05, 0) is 81.2 Å². The van der Waals surface area contributed by atoms with Gasteiger partial charge in [0.2, 0.25) is 12.3 Å². The Morgan fingerprint density at radius 2 is 1.87 bits per heavy atom. The van der Waals surface area contributed by atoms with Crippen LogP contribution in [0.25, 0.3) is 11.5 Å². The average Bonchev–Trinajstić information content (AvgIpc) is 3.36. The number of aliphatic imine (C=N–C) groups is 1. The maximum atomic E-state index is 8.40. The smallest absolute Gasteiger partial charge is 0.247 e. The molecule has 0 spiro atoms. The highest BCUT2D eigenvalue weighted by atomic mass is 35.5. The molecule has 1 aliphatic rings. The maximum absolute atomic E-state index is 8.40. The summed E-state index contributed by atoms with van der Waals surface area (Å²) in [4.78, 5) is 6.36. The number of benzene rings is 1. The van der Waals surface area contributed by atoms with Gasteiger partial charge in [-0.3, -0.25) is 5.41 Å². The molecular weight excluding hydrogens is 496 g/mol. The molecule has 0 fully saturated rings. The molecule has 0 saturated carbocycles. The number of nitrogens with two attached hydrogens (primary N) is 1. The Hall–Kier alpha value is -2.77. The molecule has 1 aromatic heterocycles. The number of halogens is 1. The number of allylic oxidation sites excluding steroid dienone is 3. The lowest BCUT2D eigenvalue weighted by Gasteiger charge is -2.12. The van der Waals surface area contributed by atoms with E-state index in [-0.39, 0.29) is 0 Å². The topological polar surface area (TPSA) is 104 Å². The van der Waals surface area contributed by atoms with E-state index in [1.807, 2.05) is 0 Å². The van der Waals surface area contributed by atoms with Gasteiger partial charge in [0, 0.05) is 23.0 Å². The van der Waals surface area contributed by atoms with E-state index in [2.05, 4.69) is 61.8 Å². The van der Waals surface area contributed by atoms with Crippen molar-refractivity contribution in [3.63, 3.8) is 0 Å². The highest BCUT2D eigenvalue weighted by Gasteiger charge is 2.14. The van der Waals surface area contributed by atoms with Gasteiger partial charge in [-0.15, -0.1) is 10.2 Å². The number of nitrogens with one attached hydrogen (secondary N) is 1. The molecule has 2 aromatic rings. The Kier molecular flexibility index (Phi) is 16.9. The van der Waals surface area contributed by atoms with Crippen molar-refractivity contribution in [1.82, 2.24) is 15.1 Å². The molecule has 1 atom stereocenters. The molecule has 1 aromatic carbocycles. The molecule has 210 valence electrons. The van der Waals surface area contributed by atoms with Gasteiger partial charge in [0.05, 0.1) is 5.71 Å². The molecule has 38 heavy (non-hydrogen) atoms. The average molecular weight is 543 g/mol. The van der Waals surface area contributed by atoms with Crippen LogP contribution in [0.1, 0.15) is 85.1 Å². The number of unbranched alkanes of at least 4 members (excludes halogenated alkanes) is 1. The monoisotopic (exact) mass is 542 g/mol. The minimum Gasteiger partial charge on any atom is -0.423 e. The first kappa shape index (κ1) is 33.3. The summed E-state index contributed by atoms with van der Waals surface area (Å²) in [7, 11) is 2.17. The standard InChI is InChI=1S/C15H12ClN5O.C8H18.C7H17N/c16-13-4-2-9(5-6-19-13)14(18)11-7-10(1-3-12(11)17)15-21-20-8-22-15;1-4-6-7-8(3)5-2;1-4-6-8(3)7-5-2/h1,3-8,18H,2,17H2;8H,4-7H2,1-3H3;4-7H2,1-3H3. The highest BCUT2D eigenvalue weighted by molar-refractivity contribution is 6.30. The van der Waals surface area contributed by atoms with E-state index in [0.717, 1.165) is 11.5 Å². The lowest BCUT2D eigenvalue weighted by Crippen LogP contribution is -2.19. The highest BCUT2D eigenvalue weighted by Crippen LogP contribution is 2.26. The summed E-state index contributed by atoms with van der Waals surface area (Å²) in [6, 6.07) is 5.26. The summed E-state index contributed by atoms with van der Waals surface area (Å²) in [5.74, 6) is 1.34. The Balaban J connectivity index is 0.000000374. The van der Waals surface area contributed by atoms with Gasteiger partial charge in [-0.2, -0.15) is 0 Å². The van der Waals surface area contributed by atoms with E-state index in [9.17, 15) is 0 Å². The molecule has 0 bridgehead atoms. The molecule has 0 aliphatic carbocycles. The van der Waals surface area contributed by atoms with Crippen LogP contribution in [0.5, 0.6) is 0 Å². The minimum atomic E-state index is 0.313. The fourth-order valence-corrected chi connectivity index (χ4v) is 3.84. The molecule has 1 unspecified atom stereocenters. The van der Waals surface area contributed by atoms with Crippen molar-refractivity contribution in [2.45, 2.75) is 79.6 Å². The predicted octanol–water partition coefficient (Wildman–Crippen LogP) is 8.13. The molecular formula is C30H47ClN6O. The first-order chi connectivity index (χ1) is 18.3. The van der Waals surface area contributed by atoms with Crippen LogP contribution in [0, 0.1) is 11.3 Å². The van der Waals surface area contributed by atoms with Crippen molar-refractivity contribution >= 4 is 29.2 Å². The van der Waals surface area contributed by atoms with Gasteiger partial charge >= 0.3 is 0 Å². The number of nitrogens with zero attached hydrogens (tertiary/aromatic N) is 4. The summed E-state index contributed by atoms with van der Waals surface area (Å²) >= 11 is 5.87. The van der Waals surface area contributed by atoms with Gasteiger partial charge < -0.3 is 15.1 Å². The number of nitrogen functional groups attached to an aromatic ring is 1. The summed E-state index contributed by atoms with van der Waals surface area (Å²) in [6.45, 7) is 13.8. The number of rotatable bonds is 11. The van der Waals surface area contributed by atoms with Gasteiger partial charge in [0.1, 0.15) is 5.16 Å². The van der Waals surface area contributed by atoms with Crippen molar-refractivity contribution < 1.29 is 4.42 Å². The number of anilines is 1. The zero-order valence-corrected chi connectivity index (χ0v) is 24.9. The first-order valence-corrected chi connectivity index (χ1v) is 14.2. The zero-order valence-electron chi connectivity index (χ0n) is 24.1. The molecule has 0 amide bonds. The van der Waals surface area contributed by atoms with Crippen molar-refractivity contribution in [2.24, 2.45) is 10.9 Å². The van der Waals surface area contributed by atoms with Gasteiger partial charge in [0.25, 0.3) is 0 Å². The van der Waals surface area contributed by atoms with E-state index in [1.54, 1.807) is 36.6 Å². The van der Waals surface area contributed by atoms with Crippen molar-refractivity contribution in [2.75, 3.05) is 25.9 Å². The summed E-state index contributed by atoms with van der Waals surface area (Å²) in [6.07, 6.45) is 14.9. The molecule has 8 heteroatoms. The van der Waals surface area contributed by atoms with E-state index in [4.69, 9.17) is 27.2 Å². The summed E-state index contributed by atoms with van der Waals surface area (Å²) in [5.41, 5.74) is 8.91. The predicted molar refractivity (Wildman–Crippen MR) is 163 cm³/mol. The Labute approximate surface area is 234 Å². The van der Waals surface area contributed by atoms with Crippen molar-refractivity contribution in [3.8, 4) is 11.5 Å². The van der Waals surface area contributed by atoms with Gasteiger partial charge in [-0.1, -0.05) is 71.9 Å². The third kappa shape index (κ3) is 12.7. The molecule has 2 heterocycles.